The highest BCUT2D eigenvalue weighted by atomic mass is 35.5. The smallest absolute Gasteiger partial charge is 0.302 e. The molecule has 0 rings (SSSR count). The number of alkyl halides is 1. The van der Waals surface area contributed by atoms with Gasteiger partial charge in [0.25, 0.3) is 0 Å². The zero-order valence-electron chi connectivity index (χ0n) is 10.3. The van der Waals surface area contributed by atoms with E-state index in [9.17, 15) is 4.79 Å². The molecule has 0 aliphatic rings. The lowest BCUT2D eigenvalue weighted by Crippen LogP contribution is -2.09. The van der Waals surface area contributed by atoms with E-state index in [2.05, 4.69) is 35.5 Å². The minimum atomic E-state index is -0.384. The van der Waals surface area contributed by atoms with Crippen LogP contribution in [-0.2, 0) is 9.53 Å². The van der Waals surface area contributed by atoms with E-state index in [1.54, 1.807) is 18.2 Å². The zero-order valence-corrected chi connectivity index (χ0v) is 11.0. The molecule has 0 saturated heterocycles. The number of allylic oxidation sites excluding steroid dienone is 3. The highest BCUT2D eigenvalue weighted by Gasteiger charge is 2.00. The van der Waals surface area contributed by atoms with E-state index in [1.807, 2.05) is 13.0 Å². The van der Waals surface area contributed by atoms with Gasteiger partial charge < -0.3 is 4.74 Å². The van der Waals surface area contributed by atoms with Crippen molar-refractivity contribution in [3.8, 4) is 35.5 Å². The first-order chi connectivity index (χ1) is 8.66. The van der Waals surface area contributed by atoms with Gasteiger partial charge in [0, 0.05) is 6.92 Å². The fourth-order valence-electron chi connectivity index (χ4n) is 0.706. The fourth-order valence-corrected chi connectivity index (χ4v) is 0.842. The van der Waals surface area contributed by atoms with Gasteiger partial charge in [0.15, 0.2) is 0 Å². The summed E-state index contributed by atoms with van der Waals surface area (Å²) in [4.78, 5) is 10.5. The molecule has 3 heteroatoms. The van der Waals surface area contributed by atoms with Gasteiger partial charge in [-0.1, -0.05) is 24.0 Å². The van der Waals surface area contributed by atoms with Crippen LogP contribution in [0.15, 0.2) is 24.3 Å². The quantitative estimate of drug-likeness (QED) is 0.442. The van der Waals surface area contributed by atoms with E-state index in [-0.39, 0.29) is 18.0 Å². The third kappa shape index (κ3) is 12.0. The summed E-state index contributed by atoms with van der Waals surface area (Å²) >= 11 is 5.82. The molecule has 92 valence electrons. The Morgan fingerprint density at radius 2 is 1.83 bits per heavy atom. The summed E-state index contributed by atoms with van der Waals surface area (Å²) < 4.78 is 4.71. The van der Waals surface area contributed by atoms with Crippen LogP contribution in [0.2, 0.25) is 0 Å². The predicted molar refractivity (Wildman–Crippen MR) is 73.6 cm³/mol. The van der Waals surface area contributed by atoms with Gasteiger partial charge in [-0.2, -0.15) is 0 Å². The summed E-state index contributed by atoms with van der Waals surface area (Å²) in [6.07, 6.45) is 6.72. The number of ether oxygens (including phenoxy) is 1. The highest BCUT2D eigenvalue weighted by Crippen LogP contribution is 1.98. The van der Waals surface area contributed by atoms with Crippen molar-refractivity contribution in [3.05, 3.63) is 24.3 Å². The summed E-state index contributed by atoms with van der Waals surface area (Å²) in [5, 5.41) is -0.384. The van der Waals surface area contributed by atoms with Gasteiger partial charge in [-0.15, -0.1) is 11.6 Å². The van der Waals surface area contributed by atoms with Crippen LogP contribution in [0.3, 0.4) is 0 Å². The molecule has 0 heterocycles. The number of carbonyl (C=O) groups is 1. The lowest BCUT2D eigenvalue weighted by atomic mass is 10.4. The van der Waals surface area contributed by atoms with Gasteiger partial charge in [0.2, 0.25) is 0 Å². The number of carbonyl (C=O) groups excluding carboxylic acids is 1. The number of hydrogen-bond donors (Lipinski definition) is 0. The molecule has 0 aliphatic heterocycles. The Labute approximate surface area is 113 Å². The molecule has 0 aliphatic carbocycles. The van der Waals surface area contributed by atoms with E-state index in [1.165, 1.54) is 6.92 Å². The molecule has 0 aromatic carbocycles. The Hall–Kier alpha value is -2.08. The molecule has 0 fully saturated rings. The molecule has 0 saturated carbocycles. The molecular weight excluding hydrogens is 248 g/mol. The average molecular weight is 261 g/mol. The van der Waals surface area contributed by atoms with Crippen molar-refractivity contribution in [2.45, 2.75) is 19.2 Å². The second-order valence-corrected chi connectivity index (χ2v) is 3.53. The van der Waals surface area contributed by atoms with E-state index < -0.39 is 0 Å². The maximum Gasteiger partial charge on any atom is 0.302 e. The van der Waals surface area contributed by atoms with Crippen molar-refractivity contribution in [3.63, 3.8) is 0 Å². The van der Waals surface area contributed by atoms with Gasteiger partial charge >= 0.3 is 5.97 Å². The number of esters is 1. The summed E-state index contributed by atoms with van der Waals surface area (Å²) in [6, 6.07) is 0. The number of halogens is 1. The van der Waals surface area contributed by atoms with Crippen molar-refractivity contribution in [2.75, 3.05) is 6.61 Å². The van der Waals surface area contributed by atoms with Crippen LogP contribution in [0, 0.1) is 35.5 Å². The van der Waals surface area contributed by atoms with Crippen molar-refractivity contribution < 1.29 is 9.53 Å². The van der Waals surface area contributed by atoms with Crippen molar-refractivity contribution >= 4 is 17.6 Å². The Bertz CT molecular complexity index is 496. The van der Waals surface area contributed by atoms with Crippen molar-refractivity contribution in [1.29, 1.82) is 0 Å². The molecule has 1 atom stereocenters. The third-order valence-electron chi connectivity index (χ3n) is 1.42. The second kappa shape index (κ2) is 11.4. The zero-order chi connectivity index (χ0) is 13.6. The van der Waals surface area contributed by atoms with Gasteiger partial charge in [-0.25, -0.2) is 0 Å². The lowest BCUT2D eigenvalue weighted by Gasteiger charge is -2.02. The summed E-state index contributed by atoms with van der Waals surface area (Å²) in [6.45, 7) is 3.35. The maximum absolute atomic E-state index is 10.5. The molecule has 0 spiro atoms. The molecule has 0 aromatic heterocycles. The number of hydrogen-bond acceptors (Lipinski definition) is 2. The van der Waals surface area contributed by atoms with Crippen LogP contribution in [0.25, 0.3) is 0 Å². The van der Waals surface area contributed by atoms with Crippen LogP contribution in [0.1, 0.15) is 13.8 Å². The first-order valence-electron chi connectivity index (χ1n) is 5.23. The topological polar surface area (TPSA) is 26.3 Å². The second-order valence-electron chi connectivity index (χ2n) is 2.97. The molecule has 0 unspecified atom stereocenters. The lowest BCUT2D eigenvalue weighted by molar-refractivity contribution is -0.140. The molecule has 0 aromatic rings. The highest BCUT2D eigenvalue weighted by molar-refractivity contribution is 6.22. The van der Waals surface area contributed by atoms with Crippen molar-refractivity contribution in [1.82, 2.24) is 0 Å². The standard InChI is InChI=1S/C15H13ClO2/c1-3-4-5-6-7-8-9-10-11-12-15(16)13-18-14(2)17/h3-4,11-12,15H,13H2,1-2H3/b4-3+,12-11+/t15-/m0/s1. The largest absolute Gasteiger partial charge is 0.464 e. The van der Waals surface area contributed by atoms with E-state index in [4.69, 9.17) is 16.3 Å². The Morgan fingerprint density at radius 3 is 2.39 bits per heavy atom. The minimum Gasteiger partial charge on any atom is -0.464 e. The van der Waals surface area contributed by atoms with Gasteiger partial charge in [0.1, 0.15) is 6.61 Å². The van der Waals surface area contributed by atoms with Gasteiger partial charge in [-0.3, -0.25) is 4.79 Å². The predicted octanol–water partition coefficient (Wildman–Crippen LogP) is 2.30. The van der Waals surface area contributed by atoms with Crippen LogP contribution < -0.4 is 0 Å². The Balaban J connectivity index is 4.03. The molecule has 0 amide bonds. The van der Waals surface area contributed by atoms with Crippen LogP contribution in [-0.4, -0.2) is 18.0 Å². The summed E-state index contributed by atoms with van der Waals surface area (Å²) in [7, 11) is 0. The Morgan fingerprint density at radius 1 is 1.22 bits per heavy atom. The molecule has 2 nitrogen and oxygen atoms in total. The first-order valence-corrected chi connectivity index (χ1v) is 5.66. The van der Waals surface area contributed by atoms with Crippen LogP contribution in [0.5, 0.6) is 0 Å². The molecule has 18 heavy (non-hydrogen) atoms. The van der Waals surface area contributed by atoms with Crippen molar-refractivity contribution in [2.24, 2.45) is 0 Å². The van der Waals surface area contributed by atoms with Gasteiger partial charge in [0.05, 0.1) is 5.38 Å². The first kappa shape index (κ1) is 15.9. The maximum atomic E-state index is 10.5. The molecular formula is C15H13ClO2. The summed E-state index contributed by atoms with van der Waals surface area (Å²) in [5.74, 6) is 15.4. The van der Waals surface area contributed by atoms with Gasteiger partial charge in [-0.05, 0) is 42.8 Å². The van der Waals surface area contributed by atoms with Crippen LogP contribution in [0.4, 0.5) is 0 Å². The Kier molecular flexibility index (Phi) is 10.1. The molecule has 0 bridgehead atoms. The minimum absolute atomic E-state index is 0.134. The SMILES string of the molecule is C/C=C/C#CC#CC#C/C=C/[C@H](Cl)COC(C)=O. The normalized spacial score (nSPS) is 10.6. The molecule has 0 N–H and O–H groups in total. The summed E-state index contributed by atoms with van der Waals surface area (Å²) in [5.41, 5.74) is 0. The van der Waals surface area contributed by atoms with E-state index in [0.29, 0.717) is 0 Å². The average Bonchev–Trinajstić information content (AvgIpc) is 2.34. The third-order valence-corrected chi connectivity index (χ3v) is 1.69. The fraction of sp³-hybridized carbons (Fsp3) is 0.267. The number of rotatable bonds is 3. The monoisotopic (exact) mass is 260 g/mol. The molecule has 0 radical (unpaired) electrons. The van der Waals surface area contributed by atoms with Crippen LogP contribution >= 0.6 is 11.6 Å². The van der Waals surface area contributed by atoms with E-state index in [0.717, 1.165) is 0 Å². The van der Waals surface area contributed by atoms with E-state index >= 15 is 0 Å².